The molecule has 4 aromatic rings. The van der Waals surface area contributed by atoms with Crippen molar-refractivity contribution in [2.75, 3.05) is 0 Å². The van der Waals surface area contributed by atoms with Gasteiger partial charge in [0.1, 0.15) is 0 Å². The van der Waals surface area contributed by atoms with Crippen LogP contribution in [0.4, 0.5) is 0 Å². The lowest BCUT2D eigenvalue weighted by molar-refractivity contribution is 0.0686. The number of carbonyl (C=O) groups is 2. The molecule has 0 spiro atoms. The van der Waals surface area contributed by atoms with Gasteiger partial charge in [-0.25, -0.2) is 9.59 Å². The fourth-order valence-corrected chi connectivity index (χ4v) is 4.18. The van der Waals surface area contributed by atoms with Crippen molar-refractivity contribution in [3.05, 3.63) is 132 Å². The molecule has 162 valence electrons. The molecular weight excluding hydrogens is 440 g/mol. The normalized spacial score (nSPS) is 9.38. The van der Waals surface area contributed by atoms with Crippen molar-refractivity contribution in [2.45, 2.75) is 9.79 Å². The van der Waals surface area contributed by atoms with Crippen LogP contribution < -0.4 is 0 Å². The van der Waals surface area contributed by atoms with Crippen molar-refractivity contribution in [3.63, 3.8) is 0 Å². The Balaban J connectivity index is 0.000000178. The van der Waals surface area contributed by atoms with Crippen molar-refractivity contribution in [3.8, 4) is 0 Å². The first-order valence-corrected chi connectivity index (χ1v) is 11.7. The topological polar surface area (TPSA) is 74.6 Å². The van der Waals surface area contributed by atoms with E-state index in [-0.39, 0.29) is 0 Å². The fourth-order valence-electron chi connectivity index (χ4n) is 2.21. The zero-order valence-corrected chi connectivity index (χ0v) is 18.7. The van der Waals surface area contributed by atoms with Crippen LogP contribution in [0.1, 0.15) is 20.7 Å². The highest BCUT2D eigenvalue weighted by Crippen LogP contribution is 2.36. The van der Waals surface area contributed by atoms with E-state index in [9.17, 15) is 9.59 Å². The van der Waals surface area contributed by atoms with Gasteiger partial charge in [-0.05, 0) is 48.5 Å². The Kier molecular flexibility index (Phi) is 11.2. The van der Waals surface area contributed by atoms with Crippen LogP contribution in [-0.4, -0.2) is 22.2 Å². The monoisotopic (exact) mass is 462 g/mol. The molecule has 4 rings (SSSR count). The van der Waals surface area contributed by atoms with Crippen molar-refractivity contribution in [2.24, 2.45) is 0 Å². The first-order chi connectivity index (χ1) is 15.6. The Labute approximate surface area is 195 Å². The summed E-state index contributed by atoms with van der Waals surface area (Å²) < 4.78 is 0. The van der Waals surface area contributed by atoms with E-state index in [4.69, 9.17) is 10.2 Å². The predicted octanol–water partition coefficient (Wildman–Crippen LogP) is 7.26. The van der Waals surface area contributed by atoms with Gasteiger partial charge in [0.2, 0.25) is 0 Å². The van der Waals surface area contributed by atoms with Crippen LogP contribution in [0.3, 0.4) is 0 Å². The standard InChI is InChI=1S/C12H10S2.2C7H6O2/c1-3-7-11(8-4-1)13-14-12-9-5-2-6-10-12;2*8-7(9)6-4-2-1-3-5-6/h1-10H;2*1-5H,(H,8,9). The quantitative estimate of drug-likeness (QED) is 0.304. The maximum absolute atomic E-state index is 10.2. The summed E-state index contributed by atoms with van der Waals surface area (Å²) in [5.74, 6) is -1.76. The minimum absolute atomic E-state index is 0.331. The van der Waals surface area contributed by atoms with Crippen LogP contribution in [0.15, 0.2) is 131 Å². The molecule has 0 saturated heterocycles. The van der Waals surface area contributed by atoms with Crippen molar-refractivity contribution >= 4 is 33.5 Å². The highest BCUT2D eigenvalue weighted by Gasteiger charge is 1.97. The average Bonchev–Trinajstić information content (AvgIpc) is 2.86. The van der Waals surface area contributed by atoms with Crippen molar-refractivity contribution < 1.29 is 19.8 Å². The molecule has 0 amide bonds. The molecule has 0 unspecified atom stereocenters. The van der Waals surface area contributed by atoms with Gasteiger partial charge in [0.05, 0.1) is 11.1 Å². The van der Waals surface area contributed by atoms with E-state index >= 15 is 0 Å². The third-order valence-corrected chi connectivity index (χ3v) is 6.18. The van der Waals surface area contributed by atoms with E-state index in [0.717, 1.165) is 0 Å². The zero-order chi connectivity index (χ0) is 23.0. The molecule has 32 heavy (non-hydrogen) atoms. The minimum Gasteiger partial charge on any atom is -0.478 e. The van der Waals surface area contributed by atoms with E-state index in [1.54, 1.807) is 82.3 Å². The molecule has 0 aliphatic heterocycles. The minimum atomic E-state index is -0.879. The first-order valence-electron chi connectivity index (χ1n) is 9.57. The van der Waals surface area contributed by atoms with E-state index in [1.807, 2.05) is 12.1 Å². The molecule has 0 saturated carbocycles. The average molecular weight is 463 g/mol. The molecule has 0 aromatic heterocycles. The maximum atomic E-state index is 10.2. The summed E-state index contributed by atoms with van der Waals surface area (Å²) in [6, 6.07) is 37.4. The van der Waals surface area contributed by atoms with Gasteiger partial charge in [-0.3, -0.25) is 0 Å². The Bertz CT molecular complexity index is 969. The molecule has 4 nitrogen and oxygen atoms in total. The molecular formula is C26H22O4S2. The summed E-state index contributed by atoms with van der Waals surface area (Å²) in [7, 11) is 3.58. The van der Waals surface area contributed by atoms with Gasteiger partial charge in [0.25, 0.3) is 0 Å². The maximum Gasteiger partial charge on any atom is 0.335 e. The van der Waals surface area contributed by atoms with E-state index in [0.29, 0.717) is 11.1 Å². The van der Waals surface area contributed by atoms with Crippen molar-refractivity contribution in [1.29, 1.82) is 0 Å². The first kappa shape index (κ1) is 24.8. The van der Waals surface area contributed by atoms with E-state index < -0.39 is 11.9 Å². The van der Waals surface area contributed by atoms with E-state index in [1.165, 1.54) is 9.79 Å². The number of carboxylic acids is 2. The van der Waals surface area contributed by atoms with Crippen LogP contribution in [-0.2, 0) is 0 Å². The lowest BCUT2D eigenvalue weighted by atomic mass is 10.2. The van der Waals surface area contributed by atoms with Gasteiger partial charge in [-0.15, -0.1) is 0 Å². The largest absolute Gasteiger partial charge is 0.478 e. The zero-order valence-electron chi connectivity index (χ0n) is 17.1. The lowest BCUT2D eigenvalue weighted by Crippen LogP contribution is -1.93. The van der Waals surface area contributed by atoms with Crippen molar-refractivity contribution in [1.82, 2.24) is 0 Å². The SMILES string of the molecule is O=C(O)c1ccccc1.O=C(O)c1ccccc1.c1ccc(SSc2ccccc2)cc1. The fraction of sp³-hybridized carbons (Fsp3) is 0. The second kappa shape index (κ2) is 14.5. The predicted molar refractivity (Wildman–Crippen MR) is 131 cm³/mol. The number of hydrogen-bond donors (Lipinski definition) is 2. The second-order valence-corrected chi connectivity index (χ2v) is 8.41. The van der Waals surface area contributed by atoms with Gasteiger partial charge in [-0.1, -0.05) is 94.4 Å². The second-order valence-electron chi connectivity index (χ2n) is 6.14. The lowest BCUT2D eigenvalue weighted by Gasteiger charge is -1.99. The van der Waals surface area contributed by atoms with Gasteiger partial charge in [0, 0.05) is 9.79 Å². The van der Waals surface area contributed by atoms with Gasteiger partial charge in [-0.2, -0.15) is 0 Å². The molecule has 0 bridgehead atoms. The third kappa shape index (κ3) is 10.0. The molecule has 0 aliphatic rings. The highest BCUT2D eigenvalue weighted by atomic mass is 33.1. The molecule has 4 aromatic carbocycles. The van der Waals surface area contributed by atoms with Crippen LogP contribution in [0.25, 0.3) is 0 Å². The summed E-state index contributed by atoms with van der Waals surface area (Å²) >= 11 is 0. The third-order valence-electron chi connectivity index (χ3n) is 3.76. The highest BCUT2D eigenvalue weighted by molar-refractivity contribution is 8.76. The molecule has 0 fully saturated rings. The summed E-state index contributed by atoms with van der Waals surface area (Å²) in [4.78, 5) is 23.0. The molecule has 0 radical (unpaired) electrons. The Morgan fingerprint density at radius 2 is 0.688 bits per heavy atom. The van der Waals surface area contributed by atoms with Crippen LogP contribution in [0, 0.1) is 0 Å². The van der Waals surface area contributed by atoms with Crippen LogP contribution in [0.5, 0.6) is 0 Å². The number of hydrogen-bond acceptors (Lipinski definition) is 4. The van der Waals surface area contributed by atoms with E-state index in [2.05, 4.69) is 48.5 Å². The molecule has 0 atom stereocenters. The summed E-state index contributed by atoms with van der Waals surface area (Å²) in [5, 5.41) is 16.8. The van der Waals surface area contributed by atoms with Gasteiger partial charge >= 0.3 is 11.9 Å². The van der Waals surface area contributed by atoms with Gasteiger partial charge in [0.15, 0.2) is 0 Å². The van der Waals surface area contributed by atoms with Crippen LogP contribution in [0.2, 0.25) is 0 Å². The molecule has 0 aliphatic carbocycles. The summed E-state index contributed by atoms with van der Waals surface area (Å²) in [5.41, 5.74) is 0.662. The van der Waals surface area contributed by atoms with Crippen LogP contribution >= 0.6 is 21.6 Å². The number of rotatable bonds is 5. The molecule has 6 heteroatoms. The Morgan fingerprint density at radius 1 is 0.438 bits per heavy atom. The number of carboxylic acid groups (broad SMARTS) is 2. The number of benzene rings is 4. The van der Waals surface area contributed by atoms with Gasteiger partial charge < -0.3 is 10.2 Å². The number of aromatic carboxylic acids is 2. The summed E-state index contributed by atoms with van der Waals surface area (Å²) in [6.07, 6.45) is 0. The Morgan fingerprint density at radius 3 is 0.906 bits per heavy atom. The summed E-state index contributed by atoms with van der Waals surface area (Å²) in [6.45, 7) is 0. The smallest absolute Gasteiger partial charge is 0.335 e. The molecule has 0 heterocycles. The molecule has 2 N–H and O–H groups in total. The Hall–Kier alpha value is -3.48.